The van der Waals surface area contributed by atoms with Gasteiger partial charge in [-0.25, -0.2) is 0 Å². The second kappa shape index (κ2) is 5.53. The average Bonchev–Trinajstić information content (AvgIpc) is 2.26. The zero-order chi connectivity index (χ0) is 13.1. The number of aryl methyl sites for hydroxylation is 1. The van der Waals surface area contributed by atoms with Crippen molar-refractivity contribution in [3.05, 3.63) is 29.3 Å². The van der Waals surface area contributed by atoms with Crippen molar-refractivity contribution in [2.45, 2.75) is 19.7 Å². The standard InChI is InChI=1S/C11H10BrF3O2/c1-2-7-5-8(9(16)6-12)3-4-10(7)17-11(13,14)15/h3-5H,2,6H2,1H3. The van der Waals surface area contributed by atoms with Gasteiger partial charge in [0.15, 0.2) is 5.78 Å². The molecule has 0 unspecified atom stereocenters. The highest BCUT2D eigenvalue weighted by Gasteiger charge is 2.32. The summed E-state index contributed by atoms with van der Waals surface area (Å²) in [4.78, 5) is 11.4. The first-order valence-electron chi connectivity index (χ1n) is 4.85. The second-order valence-corrected chi connectivity index (χ2v) is 3.84. The average molecular weight is 311 g/mol. The molecule has 0 aliphatic rings. The second-order valence-electron chi connectivity index (χ2n) is 3.28. The minimum atomic E-state index is -4.72. The summed E-state index contributed by atoms with van der Waals surface area (Å²) in [6.07, 6.45) is -4.36. The molecule has 0 bridgehead atoms. The molecule has 0 saturated heterocycles. The normalized spacial score (nSPS) is 11.4. The highest BCUT2D eigenvalue weighted by atomic mass is 79.9. The Balaban J connectivity index is 3.05. The monoisotopic (exact) mass is 310 g/mol. The SMILES string of the molecule is CCc1cc(C(=O)CBr)ccc1OC(F)(F)F. The Kier molecular flexibility index (Phi) is 4.56. The molecule has 17 heavy (non-hydrogen) atoms. The number of hydrogen-bond donors (Lipinski definition) is 0. The molecule has 0 N–H and O–H groups in total. The first-order chi connectivity index (χ1) is 7.87. The van der Waals surface area contributed by atoms with E-state index in [2.05, 4.69) is 20.7 Å². The van der Waals surface area contributed by atoms with E-state index in [1.165, 1.54) is 18.2 Å². The third kappa shape index (κ3) is 4.03. The summed E-state index contributed by atoms with van der Waals surface area (Å²) in [7, 11) is 0. The number of halogens is 4. The van der Waals surface area contributed by atoms with Crippen molar-refractivity contribution in [2.24, 2.45) is 0 Å². The number of carbonyl (C=O) groups excluding carboxylic acids is 1. The van der Waals surface area contributed by atoms with Crippen LogP contribution in [0.1, 0.15) is 22.8 Å². The van der Waals surface area contributed by atoms with E-state index in [4.69, 9.17) is 0 Å². The molecule has 0 saturated carbocycles. The molecule has 0 spiro atoms. The van der Waals surface area contributed by atoms with Crippen molar-refractivity contribution in [1.82, 2.24) is 0 Å². The fourth-order valence-corrected chi connectivity index (χ4v) is 1.65. The van der Waals surface area contributed by atoms with Crippen molar-refractivity contribution >= 4 is 21.7 Å². The lowest BCUT2D eigenvalue weighted by atomic mass is 10.1. The molecule has 6 heteroatoms. The Bertz CT molecular complexity index is 416. The lowest BCUT2D eigenvalue weighted by Crippen LogP contribution is -2.18. The highest BCUT2D eigenvalue weighted by Crippen LogP contribution is 2.27. The van der Waals surface area contributed by atoms with E-state index in [1.807, 2.05) is 0 Å². The lowest BCUT2D eigenvalue weighted by Gasteiger charge is -2.13. The molecule has 0 radical (unpaired) electrons. The van der Waals surface area contributed by atoms with Gasteiger partial charge in [0, 0.05) is 5.56 Å². The van der Waals surface area contributed by atoms with Crippen LogP contribution in [0, 0.1) is 0 Å². The minimum absolute atomic E-state index is 0.135. The summed E-state index contributed by atoms with van der Waals surface area (Å²) in [5.74, 6) is -0.440. The van der Waals surface area contributed by atoms with E-state index in [0.29, 0.717) is 17.5 Å². The molecule has 94 valence electrons. The van der Waals surface area contributed by atoms with Crippen LogP contribution < -0.4 is 4.74 Å². The number of Topliss-reactive ketones (excluding diaryl/α,β-unsaturated/α-hetero) is 1. The Morgan fingerprint density at radius 1 is 1.41 bits per heavy atom. The smallest absolute Gasteiger partial charge is 0.406 e. The van der Waals surface area contributed by atoms with Crippen LogP contribution in [-0.2, 0) is 6.42 Å². The molecule has 0 amide bonds. The van der Waals surface area contributed by atoms with Crippen molar-refractivity contribution in [2.75, 3.05) is 5.33 Å². The molecule has 0 aliphatic heterocycles. The van der Waals surface area contributed by atoms with Gasteiger partial charge >= 0.3 is 6.36 Å². The molecule has 1 aromatic rings. The van der Waals surface area contributed by atoms with Gasteiger partial charge < -0.3 is 4.74 Å². The Labute approximate surface area is 105 Å². The number of hydrogen-bond acceptors (Lipinski definition) is 2. The summed E-state index contributed by atoms with van der Waals surface area (Å²) in [5, 5.41) is 0.135. The van der Waals surface area contributed by atoms with Gasteiger partial charge in [-0.3, -0.25) is 4.79 Å². The zero-order valence-electron chi connectivity index (χ0n) is 8.97. The third-order valence-corrected chi connectivity index (χ3v) is 2.62. The third-order valence-electron chi connectivity index (χ3n) is 2.11. The van der Waals surface area contributed by atoms with Crippen LogP contribution in [0.15, 0.2) is 18.2 Å². The van der Waals surface area contributed by atoms with Crippen molar-refractivity contribution < 1.29 is 22.7 Å². The number of ether oxygens (including phenoxy) is 1. The first-order valence-corrected chi connectivity index (χ1v) is 5.97. The van der Waals surface area contributed by atoms with Gasteiger partial charge in [0.25, 0.3) is 0 Å². The molecule has 1 rings (SSSR count). The first kappa shape index (κ1) is 14.0. The van der Waals surface area contributed by atoms with Crippen LogP contribution in [0.25, 0.3) is 0 Å². The lowest BCUT2D eigenvalue weighted by molar-refractivity contribution is -0.274. The number of carbonyl (C=O) groups is 1. The Morgan fingerprint density at radius 3 is 2.53 bits per heavy atom. The molecule has 0 atom stereocenters. The molecule has 0 heterocycles. The number of rotatable bonds is 4. The Morgan fingerprint density at radius 2 is 2.06 bits per heavy atom. The van der Waals surface area contributed by atoms with Crippen LogP contribution in [0.3, 0.4) is 0 Å². The number of ketones is 1. The van der Waals surface area contributed by atoms with Gasteiger partial charge in [-0.05, 0) is 30.2 Å². The highest BCUT2D eigenvalue weighted by molar-refractivity contribution is 9.09. The number of alkyl halides is 4. The molecule has 0 fully saturated rings. The van der Waals surface area contributed by atoms with Gasteiger partial charge in [-0.15, -0.1) is 13.2 Å². The summed E-state index contributed by atoms with van der Waals surface area (Å²) >= 11 is 3.00. The summed E-state index contributed by atoms with van der Waals surface area (Å²) < 4.78 is 40.1. The maximum Gasteiger partial charge on any atom is 0.573 e. The van der Waals surface area contributed by atoms with E-state index in [0.717, 1.165) is 0 Å². The Hall–Kier alpha value is -1.04. The van der Waals surface area contributed by atoms with Crippen LogP contribution >= 0.6 is 15.9 Å². The summed E-state index contributed by atoms with van der Waals surface area (Å²) in [6, 6.07) is 3.91. The molecule has 1 aromatic carbocycles. The predicted molar refractivity (Wildman–Crippen MR) is 60.6 cm³/mol. The van der Waals surface area contributed by atoms with E-state index < -0.39 is 6.36 Å². The summed E-state index contributed by atoms with van der Waals surface area (Å²) in [5.41, 5.74) is 0.724. The predicted octanol–water partition coefficient (Wildman–Crippen LogP) is 3.73. The molecule has 0 aromatic heterocycles. The fraction of sp³-hybridized carbons (Fsp3) is 0.364. The van der Waals surface area contributed by atoms with Crippen molar-refractivity contribution in [3.63, 3.8) is 0 Å². The van der Waals surface area contributed by atoms with E-state index in [-0.39, 0.29) is 16.9 Å². The maximum absolute atomic E-state index is 12.1. The zero-order valence-corrected chi connectivity index (χ0v) is 10.6. The van der Waals surface area contributed by atoms with Gasteiger partial charge in [0.05, 0.1) is 5.33 Å². The largest absolute Gasteiger partial charge is 0.573 e. The maximum atomic E-state index is 12.1. The van der Waals surface area contributed by atoms with Crippen LogP contribution in [0.2, 0.25) is 0 Å². The minimum Gasteiger partial charge on any atom is -0.406 e. The van der Waals surface area contributed by atoms with Crippen molar-refractivity contribution in [3.8, 4) is 5.75 Å². The fourth-order valence-electron chi connectivity index (χ4n) is 1.33. The van der Waals surface area contributed by atoms with Crippen LogP contribution in [0.4, 0.5) is 13.2 Å². The summed E-state index contributed by atoms with van der Waals surface area (Å²) in [6.45, 7) is 1.70. The van der Waals surface area contributed by atoms with Gasteiger partial charge in [-0.1, -0.05) is 22.9 Å². The van der Waals surface area contributed by atoms with Gasteiger partial charge in [0.2, 0.25) is 0 Å². The number of benzene rings is 1. The molecular formula is C11H10BrF3O2. The van der Waals surface area contributed by atoms with Crippen LogP contribution in [0.5, 0.6) is 5.75 Å². The van der Waals surface area contributed by atoms with Gasteiger partial charge in [0.1, 0.15) is 5.75 Å². The molecule has 0 aliphatic carbocycles. The topological polar surface area (TPSA) is 26.3 Å². The van der Waals surface area contributed by atoms with E-state index in [1.54, 1.807) is 6.92 Å². The molecular weight excluding hydrogens is 301 g/mol. The van der Waals surface area contributed by atoms with Crippen molar-refractivity contribution in [1.29, 1.82) is 0 Å². The van der Waals surface area contributed by atoms with E-state index >= 15 is 0 Å². The van der Waals surface area contributed by atoms with E-state index in [9.17, 15) is 18.0 Å². The van der Waals surface area contributed by atoms with Crippen LogP contribution in [-0.4, -0.2) is 17.5 Å². The van der Waals surface area contributed by atoms with Gasteiger partial charge in [-0.2, -0.15) is 0 Å². The molecule has 2 nitrogen and oxygen atoms in total. The quantitative estimate of drug-likeness (QED) is 0.626.